The Bertz CT molecular complexity index is 832. The van der Waals surface area contributed by atoms with Crippen molar-refractivity contribution in [2.75, 3.05) is 11.1 Å². The van der Waals surface area contributed by atoms with Crippen LogP contribution in [-0.4, -0.2) is 30.8 Å². The van der Waals surface area contributed by atoms with Gasteiger partial charge in [0, 0.05) is 12.3 Å². The lowest BCUT2D eigenvalue weighted by molar-refractivity contribution is 0.861. The number of anilines is 2. The smallest absolute Gasteiger partial charge is 0.167 e. The largest absolute Gasteiger partial charge is 0.396 e. The standard InChI is InChI=1S/C13H12N8/c1-8(3-14)20-11-2-12(17-6-10(11)15)21-13-9(5-19-21)4-16-7-18-13/h2,4-8H,15H2,1H3,(H,17,20)/t8-/m1/s1. The number of nitrogen functional groups attached to an aromatic ring is 1. The highest BCUT2D eigenvalue weighted by Crippen LogP contribution is 2.22. The molecule has 0 unspecified atom stereocenters. The molecule has 0 saturated carbocycles. The van der Waals surface area contributed by atoms with Crippen LogP contribution in [0.25, 0.3) is 16.9 Å². The Morgan fingerprint density at radius 1 is 1.33 bits per heavy atom. The zero-order valence-electron chi connectivity index (χ0n) is 11.2. The van der Waals surface area contributed by atoms with E-state index >= 15 is 0 Å². The topological polar surface area (TPSA) is 118 Å². The van der Waals surface area contributed by atoms with Gasteiger partial charge in [0.1, 0.15) is 12.4 Å². The first-order chi connectivity index (χ1) is 10.2. The number of nitriles is 1. The molecule has 8 heteroatoms. The normalized spacial score (nSPS) is 12.0. The van der Waals surface area contributed by atoms with Crippen molar-refractivity contribution >= 4 is 22.4 Å². The first-order valence-electron chi connectivity index (χ1n) is 6.25. The second-order valence-corrected chi connectivity index (χ2v) is 4.48. The van der Waals surface area contributed by atoms with Gasteiger partial charge in [-0.05, 0) is 6.92 Å². The number of hydrogen-bond acceptors (Lipinski definition) is 7. The summed E-state index contributed by atoms with van der Waals surface area (Å²) in [5.41, 5.74) is 7.62. The van der Waals surface area contributed by atoms with Gasteiger partial charge in [0.2, 0.25) is 0 Å². The molecule has 0 amide bonds. The van der Waals surface area contributed by atoms with Crippen LogP contribution in [0.2, 0.25) is 0 Å². The second-order valence-electron chi connectivity index (χ2n) is 4.48. The molecule has 0 saturated heterocycles. The molecule has 0 aliphatic heterocycles. The molecule has 0 fully saturated rings. The highest BCUT2D eigenvalue weighted by molar-refractivity contribution is 5.75. The Hall–Kier alpha value is -3.21. The van der Waals surface area contributed by atoms with Gasteiger partial charge in [-0.3, -0.25) is 0 Å². The predicted octanol–water partition coefficient (Wildman–Crippen LogP) is 1.12. The quantitative estimate of drug-likeness (QED) is 0.737. The maximum Gasteiger partial charge on any atom is 0.167 e. The van der Waals surface area contributed by atoms with Crippen molar-refractivity contribution < 1.29 is 0 Å². The molecule has 8 nitrogen and oxygen atoms in total. The summed E-state index contributed by atoms with van der Waals surface area (Å²) in [6.07, 6.45) is 6.32. The van der Waals surface area contributed by atoms with E-state index in [0.29, 0.717) is 22.8 Å². The monoisotopic (exact) mass is 280 g/mol. The molecule has 3 aromatic heterocycles. The van der Waals surface area contributed by atoms with E-state index in [4.69, 9.17) is 11.0 Å². The molecule has 3 N–H and O–H groups in total. The van der Waals surface area contributed by atoms with Gasteiger partial charge in [-0.2, -0.15) is 15.0 Å². The molecular weight excluding hydrogens is 268 g/mol. The van der Waals surface area contributed by atoms with E-state index in [1.54, 1.807) is 30.1 Å². The molecule has 0 spiro atoms. The zero-order chi connectivity index (χ0) is 14.8. The zero-order valence-corrected chi connectivity index (χ0v) is 11.2. The van der Waals surface area contributed by atoms with Crippen LogP contribution in [0, 0.1) is 11.3 Å². The molecule has 3 rings (SSSR count). The fourth-order valence-corrected chi connectivity index (χ4v) is 1.91. The van der Waals surface area contributed by atoms with Crippen LogP contribution < -0.4 is 11.1 Å². The fraction of sp³-hybridized carbons (Fsp3) is 0.154. The van der Waals surface area contributed by atoms with Crippen LogP contribution in [0.4, 0.5) is 11.4 Å². The summed E-state index contributed by atoms with van der Waals surface area (Å²) in [5, 5.41) is 17.0. The van der Waals surface area contributed by atoms with Crippen LogP contribution in [0.1, 0.15) is 6.92 Å². The van der Waals surface area contributed by atoms with Gasteiger partial charge in [0.25, 0.3) is 0 Å². The first kappa shape index (κ1) is 12.8. The Kier molecular flexibility index (Phi) is 3.08. The molecule has 1 atom stereocenters. The summed E-state index contributed by atoms with van der Waals surface area (Å²) in [6.45, 7) is 1.75. The van der Waals surface area contributed by atoms with Crippen molar-refractivity contribution in [2.45, 2.75) is 13.0 Å². The number of pyridine rings is 1. The minimum Gasteiger partial charge on any atom is -0.396 e. The molecule has 0 radical (unpaired) electrons. The minimum absolute atomic E-state index is 0.362. The third-order valence-electron chi connectivity index (χ3n) is 2.93. The van der Waals surface area contributed by atoms with Gasteiger partial charge in [0.05, 0.1) is 35.2 Å². The van der Waals surface area contributed by atoms with Crippen LogP contribution in [0.3, 0.4) is 0 Å². The van der Waals surface area contributed by atoms with Crippen molar-refractivity contribution in [3.05, 3.63) is 31.0 Å². The average Bonchev–Trinajstić information content (AvgIpc) is 2.93. The van der Waals surface area contributed by atoms with Crippen LogP contribution in [0.15, 0.2) is 31.0 Å². The number of hydrogen-bond donors (Lipinski definition) is 2. The van der Waals surface area contributed by atoms with E-state index in [1.165, 1.54) is 12.5 Å². The summed E-state index contributed by atoms with van der Waals surface area (Å²) in [6, 6.07) is 3.47. The summed E-state index contributed by atoms with van der Waals surface area (Å²) >= 11 is 0. The number of rotatable bonds is 3. The van der Waals surface area contributed by atoms with E-state index in [9.17, 15) is 0 Å². The second kappa shape index (κ2) is 5.05. The lowest BCUT2D eigenvalue weighted by atomic mass is 10.3. The minimum atomic E-state index is -0.362. The van der Waals surface area contributed by atoms with Crippen molar-refractivity contribution in [1.29, 1.82) is 5.26 Å². The van der Waals surface area contributed by atoms with Gasteiger partial charge in [0.15, 0.2) is 11.5 Å². The summed E-state index contributed by atoms with van der Waals surface area (Å²) in [7, 11) is 0. The first-order valence-corrected chi connectivity index (χ1v) is 6.25. The lowest BCUT2D eigenvalue weighted by Gasteiger charge is -2.12. The number of aromatic nitrogens is 5. The van der Waals surface area contributed by atoms with Gasteiger partial charge in [-0.25, -0.2) is 15.0 Å². The number of fused-ring (bicyclic) bond motifs is 1. The molecule has 0 aliphatic carbocycles. The average molecular weight is 280 g/mol. The van der Waals surface area contributed by atoms with E-state index in [0.717, 1.165) is 5.39 Å². The van der Waals surface area contributed by atoms with Crippen LogP contribution in [0.5, 0.6) is 0 Å². The molecule has 0 bridgehead atoms. The number of nitrogens with two attached hydrogens (primary N) is 1. The Balaban J connectivity index is 2.07. The van der Waals surface area contributed by atoms with E-state index < -0.39 is 0 Å². The van der Waals surface area contributed by atoms with E-state index in [2.05, 4.69) is 31.4 Å². The van der Waals surface area contributed by atoms with E-state index in [1.807, 2.05) is 0 Å². The third kappa shape index (κ3) is 2.32. The molecule has 21 heavy (non-hydrogen) atoms. The van der Waals surface area contributed by atoms with Gasteiger partial charge in [-0.15, -0.1) is 0 Å². The Labute approximate surface area is 120 Å². The molecule has 0 aliphatic rings. The van der Waals surface area contributed by atoms with Crippen molar-refractivity contribution in [3.63, 3.8) is 0 Å². The number of nitrogens with zero attached hydrogens (tertiary/aromatic N) is 6. The number of nitrogens with one attached hydrogen (secondary N) is 1. The maximum atomic E-state index is 8.88. The molecule has 3 heterocycles. The van der Waals surface area contributed by atoms with E-state index in [-0.39, 0.29) is 6.04 Å². The van der Waals surface area contributed by atoms with Crippen LogP contribution in [-0.2, 0) is 0 Å². The highest BCUT2D eigenvalue weighted by atomic mass is 15.3. The highest BCUT2D eigenvalue weighted by Gasteiger charge is 2.10. The predicted molar refractivity (Wildman–Crippen MR) is 77.6 cm³/mol. The third-order valence-corrected chi connectivity index (χ3v) is 2.93. The van der Waals surface area contributed by atoms with Crippen molar-refractivity contribution in [2.24, 2.45) is 0 Å². The Morgan fingerprint density at radius 3 is 3.00 bits per heavy atom. The summed E-state index contributed by atoms with van der Waals surface area (Å²) in [4.78, 5) is 12.4. The molecule has 3 aromatic rings. The van der Waals surface area contributed by atoms with Crippen molar-refractivity contribution in [1.82, 2.24) is 24.7 Å². The maximum absolute atomic E-state index is 8.88. The molecule has 104 valence electrons. The Morgan fingerprint density at radius 2 is 2.19 bits per heavy atom. The fourth-order valence-electron chi connectivity index (χ4n) is 1.91. The van der Waals surface area contributed by atoms with Gasteiger partial charge in [-0.1, -0.05) is 0 Å². The van der Waals surface area contributed by atoms with Crippen LogP contribution >= 0.6 is 0 Å². The summed E-state index contributed by atoms with van der Waals surface area (Å²) < 4.78 is 1.60. The van der Waals surface area contributed by atoms with Crippen molar-refractivity contribution in [3.8, 4) is 11.9 Å². The summed E-state index contributed by atoms with van der Waals surface area (Å²) in [5.74, 6) is 0.561. The van der Waals surface area contributed by atoms with Gasteiger partial charge < -0.3 is 11.1 Å². The SMILES string of the molecule is C[C@H](C#N)Nc1cc(-n2ncc3cncnc32)ncc1N. The molecular formula is C13H12N8. The lowest BCUT2D eigenvalue weighted by Crippen LogP contribution is -2.14. The van der Waals surface area contributed by atoms with Gasteiger partial charge >= 0.3 is 0 Å². The molecule has 0 aromatic carbocycles.